The Morgan fingerprint density at radius 1 is 0.679 bits per heavy atom. The monoisotopic (exact) mass is 384 g/mol. The Labute approximate surface area is 163 Å². The molecule has 1 saturated carbocycles. The van der Waals surface area contributed by atoms with Crippen LogP contribution in [-0.4, -0.2) is 35.4 Å². The summed E-state index contributed by atoms with van der Waals surface area (Å²) in [7, 11) is 0. The van der Waals surface area contributed by atoms with Crippen LogP contribution in [0.2, 0.25) is 0 Å². The molecular formula is C22H24O6. The molecule has 0 heterocycles. The molecule has 1 aliphatic rings. The normalized spacial score (nSPS) is 19.0. The van der Waals surface area contributed by atoms with Gasteiger partial charge in [-0.2, -0.15) is 0 Å². The molecule has 148 valence electrons. The van der Waals surface area contributed by atoms with Gasteiger partial charge in [-0.15, -0.1) is 0 Å². The van der Waals surface area contributed by atoms with Gasteiger partial charge in [-0.3, -0.25) is 0 Å². The van der Waals surface area contributed by atoms with Crippen LogP contribution in [0.3, 0.4) is 0 Å². The largest absolute Gasteiger partial charge is 0.508 e. The van der Waals surface area contributed by atoms with E-state index in [2.05, 4.69) is 0 Å². The molecule has 1 fully saturated rings. The molecule has 0 aromatic heterocycles. The first-order valence-corrected chi connectivity index (χ1v) is 9.43. The molecule has 6 heteroatoms. The van der Waals surface area contributed by atoms with Crippen molar-refractivity contribution in [3.05, 3.63) is 59.7 Å². The summed E-state index contributed by atoms with van der Waals surface area (Å²) >= 11 is 0. The quantitative estimate of drug-likeness (QED) is 0.734. The number of carbonyl (C=O) groups excluding carboxylic acids is 2. The Kier molecular flexibility index (Phi) is 6.53. The summed E-state index contributed by atoms with van der Waals surface area (Å²) in [4.78, 5) is 24.0. The van der Waals surface area contributed by atoms with Crippen molar-refractivity contribution in [3.63, 3.8) is 0 Å². The second-order valence-electron chi connectivity index (χ2n) is 7.18. The summed E-state index contributed by atoms with van der Waals surface area (Å²) in [5.41, 5.74) is 0.847. The lowest BCUT2D eigenvalue weighted by molar-refractivity contribution is 0.0297. The first-order chi connectivity index (χ1) is 13.5. The zero-order chi connectivity index (χ0) is 19.9. The van der Waals surface area contributed by atoms with E-state index in [1.807, 2.05) is 0 Å². The third-order valence-corrected chi connectivity index (χ3v) is 5.07. The zero-order valence-electron chi connectivity index (χ0n) is 15.5. The number of hydrogen-bond donors (Lipinski definition) is 2. The highest BCUT2D eigenvalue weighted by molar-refractivity contribution is 5.90. The van der Waals surface area contributed by atoms with Gasteiger partial charge in [0.05, 0.1) is 24.3 Å². The second-order valence-corrected chi connectivity index (χ2v) is 7.18. The van der Waals surface area contributed by atoms with Crippen molar-refractivity contribution in [3.8, 4) is 11.5 Å². The van der Waals surface area contributed by atoms with Crippen LogP contribution in [0.5, 0.6) is 11.5 Å². The van der Waals surface area contributed by atoms with Crippen molar-refractivity contribution in [1.82, 2.24) is 0 Å². The Morgan fingerprint density at radius 2 is 1.00 bits per heavy atom. The maximum absolute atomic E-state index is 12.0. The summed E-state index contributed by atoms with van der Waals surface area (Å²) in [5.74, 6) is 0.0760. The highest BCUT2D eigenvalue weighted by Crippen LogP contribution is 2.29. The smallest absolute Gasteiger partial charge is 0.338 e. The SMILES string of the molecule is O=C(OCC1CCC(COC(=O)c2ccc(O)cc2)CC1)c1ccc(O)cc1. The lowest BCUT2D eigenvalue weighted by atomic mass is 9.83. The Bertz CT molecular complexity index is 719. The predicted octanol–water partition coefficient (Wildman–Crippen LogP) is 3.92. The van der Waals surface area contributed by atoms with E-state index in [1.165, 1.54) is 48.5 Å². The molecule has 0 saturated heterocycles. The fourth-order valence-corrected chi connectivity index (χ4v) is 3.31. The third-order valence-electron chi connectivity index (χ3n) is 5.07. The Balaban J connectivity index is 1.36. The number of benzene rings is 2. The number of hydrogen-bond acceptors (Lipinski definition) is 6. The van der Waals surface area contributed by atoms with Gasteiger partial charge in [0.2, 0.25) is 0 Å². The van der Waals surface area contributed by atoms with Gasteiger partial charge in [0, 0.05) is 0 Å². The molecule has 2 aromatic rings. The topological polar surface area (TPSA) is 93.1 Å². The van der Waals surface area contributed by atoms with E-state index in [0.29, 0.717) is 36.2 Å². The van der Waals surface area contributed by atoms with Crippen LogP contribution in [0.1, 0.15) is 46.4 Å². The van der Waals surface area contributed by atoms with Crippen molar-refractivity contribution in [2.45, 2.75) is 25.7 Å². The molecule has 0 aliphatic heterocycles. The molecule has 28 heavy (non-hydrogen) atoms. The summed E-state index contributed by atoms with van der Waals surface area (Å²) in [6, 6.07) is 12.0. The van der Waals surface area contributed by atoms with Crippen LogP contribution in [0.15, 0.2) is 48.5 Å². The Morgan fingerprint density at radius 3 is 1.32 bits per heavy atom. The average molecular weight is 384 g/mol. The van der Waals surface area contributed by atoms with E-state index in [1.54, 1.807) is 0 Å². The number of rotatable bonds is 6. The number of phenols is 2. The summed E-state index contributed by atoms with van der Waals surface area (Å²) in [6.45, 7) is 0.749. The molecular weight excluding hydrogens is 360 g/mol. The maximum atomic E-state index is 12.0. The number of phenolic OH excluding ortho intramolecular Hbond substituents is 2. The lowest BCUT2D eigenvalue weighted by Gasteiger charge is -2.27. The minimum absolute atomic E-state index is 0.112. The molecule has 0 unspecified atom stereocenters. The van der Waals surface area contributed by atoms with Gasteiger partial charge in [-0.05, 0) is 86.1 Å². The number of aromatic hydroxyl groups is 2. The van der Waals surface area contributed by atoms with Gasteiger partial charge in [0.25, 0.3) is 0 Å². The molecule has 2 aromatic carbocycles. The summed E-state index contributed by atoms with van der Waals surface area (Å²) < 4.78 is 10.8. The van der Waals surface area contributed by atoms with Crippen molar-refractivity contribution >= 4 is 11.9 Å². The second kappa shape index (κ2) is 9.26. The molecule has 0 bridgehead atoms. The van der Waals surface area contributed by atoms with Gasteiger partial charge in [0.1, 0.15) is 11.5 Å². The van der Waals surface area contributed by atoms with Crippen molar-refractivity contribution in [1.29, 1.82) is 0 Å². The van der Waals surface area contributed by atoms with Crippen molar-refractivity contribution in [2.75, 3.05) is 13.2 Å². The van der Waals surface area contributed by atoms with E-state index in [9.17, 15) is 19.8 Å². The summed E-state index contributed by atoms with van der Waals surface area (Å²) in [6.07, 6.45) is 3.68. The molecule has 6 nitrogen and oxygen atoms in total. The first kappa shape index (κ1) is 19.7. The van der Waals surface area contributed by atoms with E-state index in [4.69, 9.17) is 9.47 Å². The molecule has 0 spiro atoms. The van der Waals surface area contributed by atoms with Gasteiger partial charge in [-0.25, -0.2) is 9.59 Å². The molecule has 0 atom stereocenters. The number of carbonyl (C=O) groups is 2. The highest BCUT2D eigenvalue weighted by Gasteiger charge is 2.24. The van der Waals surface area contributed by atoms with Gasteiger partial charge < -0.3 is 19.7 Å². The summed E-state index contributed by atoms with van der Waals surface area (Å²) in [5, 5.41) is 18.5. The highest BCUT2D eigenvalue weighted by atomic mass is 16.5. The van der Waals surface area contributed by atoms with E-state index in [0.717, 1.165) is 25.7 Å². The van der Waals surface area contributed by atoms with Crippen LogP contribution in [0.25, 0.3) is 0 Å². The van der Waals surface area contributed by atoms with Gasteiger partial charge in [0.15, 0.2) is 0 Å². The average Bonchev–Trinajstić information content (AvgIpc) is 2.72. The maximum Gasteiger partial charge on any atom is 0.338 e. The van der Waals surface area contributed by atoms with E-state index < -0.39 is 0 Å². The molecule has 3 rings (SSSR count). The zero-order valence-corrected chi connectivity index (χ0v) is 15.5. The lowest BCUT2D eigenvalue weighted by Crippen LogP contribution is -2.24. The number of ether oxygens (including phenoxy) is 2. The van der Waals surface area contributed by atoms with Crippen molar-refractivity contribution < 1.29 is 29.3 Å². The minimum atomic E-state index is -0.384. The fourth-order valence-electron chi connectivity index (χ4n) is 3.31. The van der Waals surface area contributed by atoms with Crippen molar-refractivity contribution in [2.24, 2.45) is 11.8 Å². The molecule has 0 amide bonds. The van der Waals surface area contributed by atoms with Crippen LogP contribution >= 0.6 is 0 Å². The fraction of sp³-hybridized carbons (Fsp3) is 0.364. The Hall–Kier alpha value is -3.02. The van der Waals surface area contributed by atoms with Gasteiger partial charge >= 0.3 is 11.9 Å². The predicted molar refractivity (Wildman–Crippen MR) is 102 cm³/mol. The molecule has 2 N–H and O–H groups in total. The van der Waals surface area contributed by atoms with Crippen LogP contribution in [0.4, 0.5) is 0 Å². The third kappa shape index (κ3) is 5.49. The standard InChI is InChI=1S/C22H24O6/c23-19-9-5-17(6-10-19)21(25)27-13-15-1-2-16(4-3-15)14-28-22(26)18-7-11-20(24)12-8-18/h5-12,15-16,23-24H,1-4,13-14H2. The van der Waals surface area contributed by atoms with E-state index in [-0.39, 0.29) is 23.4 Å². The molecule has 0 radical (unpaired) electrons. The number of esters is 2. The van der Waals surface area contributed by atoms with Gasteiger partial charge in [-0.1, -0.05) is 0 Å². The molecule has 1 aliphatic carbocycles. The van der Waals surface area contributed by atoms with E-state index >= 15 is 0 Å². The van der Waals surface area contributed by atoms with Crippen LogP contribution in [0, 0.1) is 11.8 Å². The van der Waals surface area contributed by atoms with Crippen LogP contribution < -0.4 is 0 Å². The van der Waals surface area contributed by atoms with Crippen LogP contribution in [-0.2, 0) is 9.47 Å². The first-order valence-electron chi connectivity index (χ1n) is 9.43. The minimum Gasteiger partial charge on any atom is -0.508 e.